The highest BCUT2D eigenvalue weighted by atomic mass is 32.1. The average Bonchev–Trinajstić information content (AvgIpc) is 3.07. The first kappa shape index (κ1) is 14.3. The third-order valence-corrected chi connectivity index (χ3v) is 5.04. The van der Waals surface area contributed by atoms with Crippen molar-refractivity contribution in [2.24, 2.45) is 4.99 Å². The highest BCUT2D eigenvalue weighted by molar-refractivity contribution is 7.73. The number of phenolic OH excluding ortho intramolecular Hbond substituents is 1. The minimum Gasteiger partial charge on any atom is -0.508 e. The van der Waals surface area contributed by atoms with E-state index in [0.29, 0.717) is 14.9 Å². The Kier molecular flexibility index (Phi) is 4.07. The molecule has 2 aromatic rings. The topological polar surface area (TPSA) is 57.8 Å². The van der Waals surface area contributed by atoms with E-state index >= 15 is 0 Å². The molecule has 2 N–H and O–H groups in total. The van der Waals surface area contributed by atoms with Gasteiger partial charge in [-0.15, -0.1) is 0 Å². The van der Waals surface area contributed by atoms with Crippen molar-refractivity contribution in [2.45, 2.75) is 31.7 Å². The van der Waals surface area contributed by atoms with E-state index in [9.17, 15) is 10.2 Å². The zero-order valence-corrected chi connectivity index (χ0v) is 13.0. The number of nitrogens with zero attached hydrogens (tertiary/aromatic N) is 2. The predicted octanol–water partition coefficient (Wildman–Crippen LogP) is 4.56. The molecule has 1 saturated carbocycles. The Morgan fingerprint density at radius 2 is 1.86 bits per heavy atom. The number of benzene rings is 1. The van der Waals surface area contributed by atoms with Crippen LogP contribution in [-0.2, 0) is 0 Å². The molecule has 0 bridgehead atoms. The Morgan fingerprint density at radius 1 is 1.19 bits per heavy atom. The van der Waals surface area contributed by atoms with Crippen molar-refractivity contribution >= 4 is 35.5 Å². The fraction of sp³-hybridized carbons (Fsp3) is 0.333. The Balaban J connectivity index is 1.87. The molecule has 6 heteroatoms. The Morgan fingerprint density at radius 3 is 2.52 bits per heavy atom. The van der Waals surface area contributed by atoms with Gasteiger partial charge in [-0.25, -0.2) is 0 Å². The minimum atomic E-state index is 0.208. The number of aromatic nitrogens is 1. The number of hydrogen-bond donors (Lipinski definition) is 2. The maximum atomic E-state index is 10.4. The van der Waals surface area contributed by atoms with Crippen LogP contribution in [0.2, 0.25) is 0 Å². The molecule has 1 fully saturated rings. The minimum absolute atomic E-state index is 0.208. The molecule has 0 aliphatic heterocycles. The monoisotopic (exact) mass is 320 g/mol. The lowest BCUT2D eigenvalue weighted by Crippen LogP contribution is -2.03. The fourth-order valence-electron chi connectivity index (χ4n) is 2.63. The molecular weight excluding hydrogens is 304 g/mol. The number of thiazole rings is 1. The number of aromatic hydroxyl groups is 2. The summed E-state index contributed by atoms with van der Waals surface area (Å²) in [5.74, 6) is 0.430. The lowest BCUT2D eigenvalue weighted by Gasteiger charge is -2.11. The van der Waals surface area contributed by atoms with Gasteiger partial charge in [0.05, 0.1) is 11.9 Å². The first-order valence-corrected chi connectivity index (χ1v) is 8.15. The third kappa shape index (κ3) is 3.01. The quantitative estimate of drug-likeness (QED) is 0.644. The van der Waals surface area contributed by atoms with Crippen LogP contribution in [0.3, 0.4) is 0 Å². The van der Waals surface area contributed by atoms with Crippen LogP contribution in [0.5, 0.6) is 11.6 Å². The fourth-order valence-corrected chi connectivity index (χ4v) is 3.96. The summed E-state index contributed by atoms with van der Waals surface area (Å²) >= 11 is 6.75. The van der Waals surface area contributed by atoms with Crippen LogP contribution in [0.25, 0.3) is 0 Å². The Labute approximate surface area is 132 Å². The Hall–Kier alpha value is -1.66. The van der Waals surface area contributed by atoms with Gasteiger partial charge in [-0.3, -0.25) is 9.56 Å². The molecule has 1 heterocycles. The van der Waals surface area contributed by atoms with Crippen LogP contribution in [0.15, 0.2) is 29.3 Å². The summed E-state index contributed by atoms with van der Waals surface area (Å²) in [6, 6.07) is 6.92. The number of aliphatic imine (C=N–C) groups is 1. The van der Waals surface area contributed by atoms with Crippen molar-refractivity contribution in [1.29, 1.82) is 0 Å². The maximum Gasteiger partial charge on any atom is 0.212 e. The summed E-state index contributed by atoms with van der Waals surface area (Å²) in [5.41, 5.74) is 0.721. The molecule has 1 aromatic carbocycles. The van der Waals surface area contributed by atoms with E-state index in [0.717, 1.165) is 18.5 Å². The van der Waals surface area contributed by atoms with E-state index in [1.54, 1.807) is 30.5 Å². The number of hydrogen-bond acceptors (Lipinski definition) is 5. The Bertz CT molecular complexity index is 710. The number of phenols is 1. The molecule has 1 aliphatic rings. The zero-order valence-electron chi connectivity index (χ0n) is 11.4. The van der Waals surface area contributed by atoms with Gasteiger partial charge in [-0.05, 0) is 49.3 Å². The lowest BCUT2D eigenvalue weighted by molar-refractivity contribution is 0.380. The van der Waals surface area contributed by atoms with Crippen LogP contribution >= 0.6 is 23.6 Å². The normalized spacial score (nSPS) is 16.0. The number of rotatable bonds is 3. The van der Waals surface area contributed by atoms with Crippen LogP contribution in [0, 0.1) is 3.95 Å². The van der Waals surface area contributed by atoms with Crippen LogP contribution in [0.4, 0.5) is 5.69 Å². The molecule has 3 rings (SSSR count). The maximum absolute atomic E-state index is 10.4. The molecular formula is C15H16N2O2S2. The first-order chi connectivity index (χ1) is 10.1. The summed E-state index contributed by atoms with van der Waals surface area (Å²) in [4.78, 5) is 4.99. The first-order valence-electron chi connectivity index (χ1n) is 6.92. The van der Waals surface area contributed by atoms with Gasteiger partial charge in [0.25, 0.3) is 0 Å². The van der Waals surface area contributed by atoms with Crippen molar-refractivity contribution in [3.05, 3.63) is 33.1 Å². The molecule has 0 atom stereocenters. The van der Waals surface area contributed by atoms with Crippen molar-refractivity contribution in [3.63, 3.8) is 0 Å². The van der Waals surface area contributed by atoms with Crippen molar-refractivity contribution in [1.82, 2.24) is 4.57 Å². The summed E-state index contributed by atoms with van der Waals surface area (Å²) in [7, 11) is 0. The van der Waals surface area contributed by atoms with Crippen LogP contribution in [0.1, 0.15) is 36.6 Å². The SMILES string of the molecule is Oc1ccc(N=Cc2sc(=S)n(C3CCCC3)c2O)cc1. The second-order valence-electron chi connectivity index (χ2n) is 5.14. The molecule has 0 saturated heterocycles. The molecule has 110 valence electrons. The van der Waals surface area contributed by atoms with Gasteiger partial charge < -0.3 is 10.2 Å². The van der Waals surface area contributed by atoms with E-state index in [1.807, 2.05) is 4.57 Å². The van der Waals surface area contributed by atoms with Crippen molar-refractivity contribution in [2.75, 3.05) is 0 Å². The van der Waals surface area contributed by atoms with Gasteiger partial charge in [0.2, 0.25) is 5.88 Å². The standard InChI is InChI=1S/C15H16N2O2S2/c18-12-7-5-10(6-8-12)16-9-13-14(19)17(15(20)21-13)11-3-1-2-4-11/h5-9,11,18-19H,1-4H2. The average molecular weight is 320 g/mol. The van der Waals surface area contributed by atoms with E-state index in [1.165, 1.54) is 24.2 Å². The smallest absolute Gasteiger partial charge is 0.212 e. The molecule has 4 nitrogen and oxygen atoms in total. The second-order valence-corrected chi connectivity index (χ2v) is 6.81. The van der Waals surface area contributed by atoms with E-state index in [4.69, 9.17) is 12.2 Å². The van der Waals surface area contributed by atoms with Crippen LogP contribution < -0.4 is 0 Å². The van der Waals surface area contributed by atoms with Crippen molar-refractivity contribution in [3.8, 4) is 11.6 Å². The molecule has 21 heavy (non-hydrogen) atoms. The van der Waals surface area contributed by atoms with Gasteiger partial charge in [-0.2, -0.15) is 0 Å². The highest BCUT2D eigenvalue weighted by Gasteiger charge is 2.22. The van der Waals surface area contributed by atoms with Gasteiger partial charge in [0.1, 0.15) is 10.6 Å². The van der Waals surface area contributed by atoms with Crippen molar-refractivity contribution < 1.29 is 10.2 Å². The third-order valence-electron chi connectivity index (χ3n) is 3.71. The lowest BCUT2D eigenvalue weighted by atomic mass is 10.2. The molecule has 1 aliphatic carbocycles. The van der Waals surface area contributed by atoms with E-state index in [-0.39, 0.29) is 11.6 Å². The van der Waals surface area contributed by atoms with Gasteiger partial charge in [0, 0.05) is 6.04 Å². The van der Waals surface area contributed by atoms with E-state index in [2.05, 4.69) is 4.99 Å². The van der Waals surface area contributed by atoms with Gasteiger partial charge in [0.15, 0.2) is 3.95 Å². The second kappa shape index (κ2) is 5.99. The summed E-state index contributed by atoms with van der Waals surface area (Å²) in [6.45, 7) is 0. The van der Waals surface area contributed by atoms with Crippen LogP contribution in [-0.4, -0.2) is 21.0 Å². The molecule has 1 aromatic heterocycles. The highest BCUT2D eigenvalue weighted by Crippen LogP contribution is 2.36. The summed E-state index contributed by atoms with van der Waals surface area (Å²) < 4.78 is 2.57. The molecule has 0 radical (unpaired) electrons. The van der Waals surface area contributed by atoms with E-state index < -0.39 is 0 Å². The van der Waals surface area contributed by atoms with Gasteiger partial charge in [-0.1, -0.05) is 24.2 Å². The summed E-state index contributed by atoms with van der Waals surface area (Å²) in [6.07, 6.45) is 6.17. The predicted molar refractivity (Wildman–Crippen MR) is 87.7 cm³/mol. The van der Waals surface area contributed by atoms with Gasteiger partial charge >= 0.3 is 0 Å². The summed E-state index contributed by atoms with van der Waals surface area (Å²) in [5, 5.41) is 19.6. The zero-order chi connectivity index (χ0) is 14.8. The molecule has 0 amide bonds. The largest absolute Gasteiger partial charge is 0.508 e. The molecule has 0 spiro atoms. The molecule has 0 unspecified atom stereocenters.